The number of nitrogens with one attached hydrogen (secondary N) is 2. The van der Waals surface area contributed by atoms with Crippen LogP contribution in [-0.2, 0) is 44.4 Å². The van der Waals surface area contributed by atoms with Crippen molar-refractivity contribution in [3.05, 3.63) is 59.7 Å². The lowest BCUT2D eigenvalue weighted by atomic mass is 9.41. The quantitative estimate of drug-likeness (QED) is 0.0797. The summed E-state index contributed by atoms with van der Waals surface area (Å²) in [5, 5.41) is 5.86. The third kappa shape index (κ3) is 12.3. The first-order valence-corrected chi connectivity index (χ1v) is 25.1. The molecule has 12 nitrogen and oxygen atoms in total. The number of ketones is 3. The number of ether oxygens (including phenoxy) is 2. The van der Waals surface area contributed by atoms with Crippen molar-refractivity contribution in [3.8, 4) is 11.1 Å². The van der Waals surface area contributed by atoms with Crippen LogP contribution in [0.4, 0.5) is 0 Å². The number of benzene rings is 2. The maximum Gasteiger partial charge on any atom is 0.461 e. The predicted molar refractivity (Wildman–Crippen MR) is 258 cm³/mol. The number of unbranched alkanes of at least 4 members (excludes halogenated alkanes) is 2. The molecule has 7 rings (SSSR count). The maximum atomic E-state index is 14.1. The number of nitrogens with two attached hydrogens (primary N) is 1. The van der Waals surface area contributed by atoms with E-state index in [1.807, 2.05) is 19.1 Å². The Bertz CT molecular complexity index is 1980. The molecule has 2 aromatic rings. The molecule has 66 heavy (non-hydrogen) atoms. The molecule has 4 N–H and O–H groups in total. The van der Waals surface area contributed by atoms with Gasteiger partial charge in [0, 0.05) is 56.5 Å². The summed E-state index contributed by atoms with van der Waals surface area (Å²) in [5.41, 5.74) is 9.00. The average Bonchev–Trinajstić information content (AvgIpc) is 3.60. The molecule has 2 amide bonds. The first-order valence-electron chi connectivity index (χ1n) is 25.1. The topological polar surface area (TPSA) is 172 Å². The van der Waals surface area contributed by atoms with Crippen LogP contribution in [0, 0.1) is 29.1 Å². The van der Waals surface area contributed by atoms with Crippen LogP contribution in [0.1, 0.15) is 148 Å². The van der Waals surface area contributed by atoms with E-state index in [0.29, 0.717) is 69.3 Å². The molecule has 5 fully saturated rings. The van der Waals surface area contributed by atoms with E-state index >= 15 is 0 Å². The zero-order valence-corrected chi connectivity index (χ0v) is 40.9. The van der Waals surface area contributed by atoms with E-state index in [-0.39, 0.29) is 67.5 Å². The summed E-state index contributed by atoms with van der Waals surface area (Å²) in [4.78, 5) is 69.6. The van der Waals surface area contributed by atoms with Crippen LogP contribution < -0.4 is 16.4 Å². The number of rotatable bonds is 17. The lowest BCUT2D eigenvalue weighted by molar-refractivity contribution is -0.235. The summed E-state index contributed by atoms with van der Waals surface area (Å²) in [7, 11) is -0.545. The number of hydrogen-bond donors (Lipinski definition) is 3. The monoisotopic (exact) mass is 912 g/mol. The molecule has 2 bridgehead atoms. The van der Waals surface area contributed by atoms with E-state index < -0.39 is 54.1 Å². The molecule has 9 atom stereocenters. The lowest BCUT2D eigenvalue weighted by Crippen LogP contribution is -2.70. The van der Waals surface area contributed by atoms with Crippen LogP contribution >= 0.6 is 0 Å². The zero-order chi connectivity index (χ0) is 47.6. The van der Waals surface area contributed by atoms with Crippen molar-refractivity contribution >= 4 is 36.3 Å². The second kappa shape index (κ2) is 23.0. The lowest BCUT2D eigenvalue weighted by Gasteiger charge is -2.67. The molecular formula is C53H78BN3O9. The van der Waals surface area contributed by atoms with Gasteiger partial charge in [0.25, 0.3) is 0 Å². The Kier molecular flexibility index (Phi) is 18.0. The van der Waals surface area contributed by atoms with E-state index in [9.17, 15) is 24.0 Å². The van der Waals surface area contributed by atoms with Crippen LogP contribution in [0.5, 0.6) is 0 Å². The molecular weight excluding hydrogens is 833 g/mol. The molecule has 5 aliphatic rings. The van der Waals surface area contributed by atoms with Gasteiger partial charge in [0.1, 0.15) is 6.04 Å². The number of Topliss-reactive ketones (excluding diaryl/α,β-unsaturated/α-hetero) is 3. The molecule has 13 heteroatoms. The van der Waals surface area contributed by atoms with Crippen LogP contribution in [-0.4, -0.2) is 92.5 Å². The highest BCUT2D eigenvalue weighted by molar-refractivity contribution is 6.47. The molecule has 2 aromatic carbocycles. The summed E-state index contributed by atoms with van der Waals surface area (Å²) in [6, 6.07) is 14.1. The molecule has 2 saturated heterocycles. The molecule has 3 saturated carbocycles. The second-order valence-corrected chi connectivity index (χ2v) is 21.0. The molecule has 3 aliphatic carbocycles. The summed E-state index contributed by atoms with van der Waals surface area (Å²) >= 11 is 0. The smallest absolute Gasteiger partial charge is 0.403 e. The highest BCUT2D eigenvalue weighted by atomic mass is 16.7. The van der Waals surface area contributed by atoms with Gasteiger partial charge in [0.2, 0.25) is 11.8 Å². The normalized spacial score (nSPS) is 29.2. The molecule has 0 unspecified atom stereocenters. The summed E-state index contributed by atoms with van der Waals surface area (Å²) in [6.07, 6.45) is 8.71. The van der Waals surface area contributed by atoms with Crippen molar-refractivity contribution in [1.82, 2.24) is 10.6 Å². The molecule has 0 radical (unpaired) electrons. The van der Waals surface area contributed by atoms with Crippen LogP contribution in [0.25, 0.3) is 11.1 Å². The van der Waals surface area contributed by atoms with Gasteiger partial charge in [-0.2, -0.15) is 0 Å². The van der Waals surface area contributed by atoms with Crippen molar-refractivity contribution < 1.29 is 42.8 Å². The molecule has 0 aromatic heterocycles. The minimum atomic E-state index is -1.04. The van der Waals surface area contributed by atoms with Gasteiger partial charge >= 0.3 is 7.12 Å². The van der Waals surface area contributed by atoms with Gasteiger partial charge in [-0.15, -0.1) is 0 Å². The van der Waals surface area contributed by atoms with Gasteiger partial charge in [0.05, 0.1) is 23.9 Å². The van der Waals surface area contributed by atoms with Gasteiger partial charge in [-0.1, -0.05) is 96.0 Å². The Morgan fingerprint density at radius 3 is 2.24 bits per heavy atom. The maximum absolute atomic E-state index is 14.1. The summed E-state index contributed by atoms with van der Waals surface area (Å²) < 4.78 is 25.3. The number of carbonyl (C=O) groups is 5. The zero-order valence-electron chi connectivity index (χ0n) is 40.9. The van der Waals surface area contributed by atoms with Gasteiger partial charge in [-0.05, 0) is 118 Å². The fraction of sp³-hybridized carbons (Fsp3) is 0.679. The van der Waals surface area contributed by atoms with Crippen LogP contribution in [0.3, 0.4) is 0 Å². The largest absolute Gasteiger partial charge is 0.461 e. The molecule has 0 spiro atoms. The van der Waals surface area contributed by atoms with E-state index in [0.717, 1.165) is 43.2 Å². The number of aryl methyl sites for hydroxylation is 1. The Morgan fingerprint density at radius 2 is 1.58 bits per heavy atom. The average molecular weight is 912 g/mol. The van der Waals surface area contributed by atoms with Gasteiger partial charge in [-0.25, -0.2) is 0 Å². The van der Waals surface area contributed by atoms with E-state index in [1.165, 1.54) is 5.56 Å². The molecule has 2 aliphatic heterocycles. The van der Waals surface area contributed by atoms with E-state index in [1.54, 1.807) is 19.1 Å². The van der Waals surface area contributed by atoms with Crippen molar-refractivity contribution in [1.29, 1.82) is 0 Å². The number of hydrogen-bond acceptors (Lipinski definition) is 10. The SMILES string of the molecule is CCCCc1ccc(-c2ccc(C(=O)C[C@@H](CCCCN)C(=O)N[C@H]3COCCCCOCC[C@@H](C(=O)C[C@@H](C)B4O[C@]5(C)C[C@@H]6C[C@@H](C6(C)C)[C@]5(C)O4)NC(=O)[C@H](C)CC3=O)cc2)cc1. The number of amides is 2. The highest BCUT2D eigenvalue weighted by Gasteiger charge is 2.73. The standard InChI is InChI=1S/C53H78BN3O9/c1-8-9-14-37-16-18-38(19-17-37)39-20-22-40(23-21-39)45(58)31-41(15-10-11-25-55)50(62)57-44-34-64-27-13-12-26-63-28-24-43(56-49(61)35(2)29-46(44)59)47(60)30-36(3)54-65-52(6)33-42-32-48(51(42,4)5)53(52,7)66-54/h16-23,35-36,41-44,48H,8-15,24-34,55H2,1-7H3,(H,56,61)(H,57,62)/t35-,36-,41-,42+,43+,44+,48+,52-,53+/m1/s1. The Morgan fingerprint density at radius 1 is 0.894 bits per heavy atom. The van der Waals surface area contributed by atoms with E-state index in [2.05, 4.69) is 69.5 Å². The third-order valence-electron chi connectivity index (χ3n) is 15.7. The summed E-state index contributed by atoms with van der Waals surface area (Å²) in [5.74, 6) is -2.32. The molecule has 362 valence electrons. The first kappa shape index (κ1) is 51.6. The van der Waals surface area contributed by atoms with Crippen molar-refractivity contribution in [3.63, 3.8) is 0 Å². The Balaban J connectivity index is 1.07. The highest BCUT2D eigenvalue weighted by Crippen LogP contribution is 2.69. The van der Waals surface area contributed by atoms with Crippen molar-refractivity contribution in [2.75, 3.05) is 33.0 Å². The fourth-order valence-electron chi connectivity index (χ4n) is 10.9. The van der Waals surface area contributed by atoms with Gasteiger partial charge in [0.15, 0.2) is 17.3 Å². The van der Waals surface area contributed by atoms with Crippen molar-refractivity contribution in [2.45, 2.75) is 167 Å². The minimum Gasteiger partial charge on any atom is -0.403 e. The second-order valence-electron chi connectivity index (χ2n) is 21.0. The van der Waals surface area contributed by atoms with Crippen molar-refractivity contribution in [2.24, 2.45) is 34.8 Å². The predicted octanol–water partition coefficient (Wildman–Crippen LogP) is 8.26. The minimum absolute atomic E-state index is 0.0344. The van der Waals surface area contributed by atoms with Crippen LogP contribution in [0.15, 0.2) is 48.5 Å². The first-order chi connectivity index (χ1) is 31.5. The third-order valence-corrected chi connectivity index (χ3v) is 15.7. The Hall–Kier alpha value is -3.75. The summed E-state index contributed by atoms with van der Waals surface area (Å²) in [6.45, 7) is 16.2. The van der Waals surface area contributed by atoms with Crippen LogP contribution in [0.2, 0.25) is 5.82 Å². The molecule has 2 heterocycles. The fourth-order valence-corrected chi connectivity index (χ4v) is 10.9. The Labute approximate surface area is 394 Å². The van der Waals surface area contributed by atoms with E-state index in [4.69, 9.17) is 24.5 Å². The number of carbonyl (C=O) groups excluding carboxylic acids is 5. The van der Waals surface area contributed by atoms with Gasteiger partial charge < -0.3 is 35.1 Å². The van der Waals surface area contributed by atoms with Gasteiger partial charge in [-0.3, -0.25) is 24.0 Å².